The molecule has 0 spiro atoms. The van der Waals surface area contributed by atoms with Crippen molar-refractivity contribution in [2.24, 2.45) is 0 Å². The van der Waals surface area contributed by atoms with Gasteiger partial charge in [-0.25, -0.2) is 0 Å². The molecule has 96 valence electrons. The SMILES string of the molecule is N#CC(c1cccc(C(F)(F)F)c1)c1cccnn1. The first-order chi connectivity index (χ1) is 9.02. The zero-order valence-electron chi connectivity index (χ0n) is 9.59. The molecule has 1 aromatic heterocycles. The van der Waals surface area contributed by atoms with Crippen molar-refractivity contribution in [3.63, 3.8) is 0 Å². The monoisotopic (exact) mass is 263 g/mol. The van der Waals surface area contributed by atoms with E-state index >= 15 is 0 Å². The van der Waals surface area contributed by atoms with E-state index < -0.39 is 17.7 Å². The van der Waals surface area contributed by atoms with Crippen LogP contribution < -0.4 is 0 Å². The number of nitrogens with zero attached hydrogens (tertiary/aromatic N) is 3. The smallest absolute Gasteiger partial charge is 0.197 e. The summed E-state index contributed by atoms with van der Waals surface area (Å²) in [5.74, 6) is -0.865. The Morgan fingerprint density at radius 2 is 1.95 bits per heavy atom. The number of aromatic nitrogens is 2. The van der Waals surface area contributed by atoms with Crippen molar-refractivity contribution in [1.82, 2.24) is 10.2 Å². The third-order valence-electron chi connectivity index (χ3n) is 2.57. The van der Waals surface area contributed by atoms with Crippen LogP contribution in [0.5, 0.6) is 0 Å². The zero-order valence-corrected chi connectivity index (χ0v) is 9.59. The Hall–Kier alpha value is -2.42. The lowest BCUT2D eigenvalue weighted by Gasteiger charge is -2.11. The van der Waals surface area contributed by atoms with Crippen LogP contribution in [-0.2, 0) is 6.18 Å². The molecule has 0 saturated heterocycles. The lowest BCUT2D eigenvalue weighted by molar-refractivity contribution is -0.137. The van der Waals surface area contributed by atoms with Crippen LogP contribution in [0.3, 0.4) is 0 Å². The minimum Gasteiger partial charge on any atom is -0.197 e. The van der Waals surface area contributed by atoms with Crippen LogP contribution in [0.25, 0.3) is 0 Å². The fraction of sp³-hybridized carbons (Fsp3) is 0.154. The highest BCUT2D eigenvalue weighted by molar-refractivity contribution is 5.37. The van der Waals surface area contributed by atoms with Gasteiger partial charge in [0, 0.05) is 6.20 Å². The van der Waals surface area contributed by atoms with Crippen molar-refractivity contribution in [1.29, 1.82) is 5.26 Å². The molecule has 0 N–H and O–H groups in total. The maximum Gasteiger partial charge on any atom is 0.416 e. The average molecular weight is 263 g/mol. The number of benzene rings is 1. The number of hydrogen-bond donors (Lipinski definition) is 0. The second kappa shape index (κ2) is 5.06. The maximum atomic E-state index is 12.6. The van der Waals surface area contributed by atoms with Gasteiger partial charge in [0.25, 0.3) is 0 Å². The molecule has 0 fully saturated rings. The van der Waals surface area contributed by atoms with E-state index in [9.17, 15) is 13.2 Å². The predicted molar refractivity (Wildman–Crippen MR) is 60.9 cm³/mol. The Balaban J connectivity index is 2.44. The molecule has 0 radical (unpaired) electrons. The minimum absolute atomic E-state index is 0.248. The first-order valence-electron chi connectivity index (χ1n) is 5.37. The quantitative estimate of drug-likeness (QED) is 0.836. The molecule has 0 aliphatic heterocycles. The molecule has 2 rings (SSSR count). The summed E-state index contributed by atoms with van der Waals surface area (Å²) in [6.45, 7) is 0. The van der Waals surface area contributed by atoms with Gasteiger partial charge in [-0.1, -0.05) is 18.2 Å². The van der Waals surface area contributed by atoms with E-state index in [2.05, 4.69) is 10.2 Å². The Labute approximate surface area is 107 Å². The van der Waals surface area contributed by atoms with Gasteiger partial charge in [-0.2, -0.15) is 28.6 Å². The molecule has 2 aromatic rings. The molecule has 1 aromatic carbocycles. The molecule has 1 heterocycles. The summed E-state index contributed by atoms with van der Waals surface area (Å²) < 4.78 is 37.9. The molecule has 1 atom stereocenters. The van der Waals surface area contributed by atoms with Crippen LogP contribution in [0.2, 0.25) is 0 Å². The molecule has 0 aliphatic rings. The van der Waals surface area contributed by atoms with Gasteiger partial charge in [-0.15, -0.1) is 0 Å². The van der Waals surface area contributed by atoms with Crippen LogP contribution in [0.15, 0.2) is 42.6 Å². The van der Waals surface area contributed by atoms with Crippen molar-refractivity contribution in [2.45, 2.75) is 12.1 Å². The first kappa shape index (κ1) is 13.0. The normalized spacial score (nSPS) is 12.7. The third kappa shape index (κ3) is 2.88. The van der Waals surface area contributed by atoms with Crippen LogP contribution in [-0.4, -0.2) is 10.2 Å². The van der Waals surface area contributed by atoms with E-state index in [1.54, 1.807) is 12.1 Å². The lowest BCUT2D eigenvalue weighted by atomic mass is 9.95. The molecule has 0 bridgehead atoms. The highest BCUT2D eigenvalue weighted by Gasteiger charge is 2.31. The van der Waals surface area contributed by atoms with Gasteiger partial charge in [0.05, 0.1) is 17.3 Å². The molecule has 0 amide bonds. The van der Waals surface area contributed by atoms with Gasteiger partial charge < -0.3 is 0 Å². The summed E-state index contributed by atoms with van der Waals surface area (Å²) in [5.41, 5.74) is -0.212. The highest BCUT2D eigenvalue weighted by Crippen LogP contribution is 2.32. The van der Waals surface area contributed by atoms with E-state index in [-0.39, 0.29) is 5.56 Å². The van der Waals surface area contributed by atoms with E-state index in [1.165, 1.54) is 18.3 Å². The molecule has 1 unspecified atom stereocenters. The fourth-order valence-corrected chi connectivity index (χ4v) is 1.67. The predicted octanol–water partition coefficient (Wildman–Crippen LogP) is 3.15. The second-order valence-electron chi connectivity index (χ2n) is 3.83. The number of rotatable bonds is 2. The topological polar surface area (TPSA) is 49.6 Å². The van der Waals surface area contributed by atoms with Crippen molar-refractivity contribution in [3.05, 3.63) is 59.4 Å². The fourth-order valence-electron chi connectivity index (χ4n) is 1.67. The Morgan fingerprint density at radius 1 is 1.16 bits per heavy atom. The van der Waals surface area contributed by atoms with E-state index in [1.807, 2.05) is 6.07 Å². The number of alkyl halides is 3. The molecular weight excluding hydrogens is 255 g/mol. The molecule has 6 heteroatoms. The van der Waals surface area contributed by atoms with Crippen molar-refractivity contribution in [3.8, 4) is 6.07 Å². The summed E-state index contributed by atoms with van der Waals surface area (Å²) in [5, 5.41) is 16.5. The maximum absolute atomic E-state index is 12.6. The molecule has 0 aliphatic carbocycles. The largest absolute Gasteiger partial charge is 0.416 e. The lowest BCUT2D eigenvalue weighted by Crippen LogP contribution is -2.07. The summed E-state index contributed by atoms with van der Waals surface area (Å²) in [6, 6.07) is 9.76. The van der Waals surface area contributed by atoms with Gasteiger partial charge in [0.15, 0.2) is 0 Å². The van der Waals surface area contributed by atoms with Gasteiger partial charge in [0.1, 0.15) is 5.92 Å². The van der Waals surface area contributed by atoms with Crippen LogP contribution in [0.4, 0.5) is 13.2 Å². The Bertz CT molecular complexity index is 603. The molecular formula is C13H8F3N3. The van der Waals surface area contributed by atoms with Gasteiger partial charge in [-0.05, 0) is 23.8 Å². The van der Waals surface area contributed by atoms with Crippen LogP contribution >= 0.6 is 0 Å². The van der Waals surface area contributed by atoms with E-state index in [0.29, 0.717) is 5.69 Å². The number of hydrogen-bond acceptors (Lipinski definition) is 3. The Kier molecular flexibility index (Phi) is 3.47. The van der Waals surface area contributed by atoms with Crippen molar-refractivity contribution >= 4 is 0 Å². The zero-order chi connectivity index (χ0) is 13.9. The molecule has 3 nitrogen and oxygen atoms in total. The summed E-state index contributed by atoms with van der Waals surface area (Å²) in [6.07, 6.45) is -3.00. The molecule has 0 saturated carbocycles. The highest BCUT2D eigenvalue weighted by atomic mass is 19.4. The van der Waals surface area contributed by atoms with Crippen molar-refractivity contribution in [2.75, 3.05) is 0 Å². The first-order valence-corrected chi connectivity index (χ1v) is 5.37. The average Bonchev–Trinajstić information content (AvgIpc) is 2.40. The van der Waals surface area contributed by atoms with E-state index in [0.717, 1.165) is 12.1 Å². The van der Waals surface area contributed by atoms with Gasteiger partial charge in [0.2, 0.25) is 0 Å². The van der Waals surface area contributed by atoms with Crippen LogP contribution in [0, 0.1) is 11.3 Å². The number of halogens is 3. The van der Waals surface area contributed by atoms with Crippen molar-refractivity contribution < 1.29 is 13.2 Å². The van der Waals surface area contributed by atoms with Gasteiger partial charge in [-0.3, -0.25) is 0 Å². The van der Waals surface area contributed by atoms with Crippen LogP contribution in [0.1, 0.15) is 22.7 Å². The minimum atomic E-state index is -4.43. The second-order valence-corrected chi connectivity index (χ2v) is 3.83. The summed E-state index contributed by atoms with van der Waals surface area (Å²) in [7, 11) is 0. The van der Waals surface area contributed by atoms with E-state index in [4.69, 9.17) is 5.26 Å². The third-order valence-corrected chi connectivity index (χ3v) is 2.57. The standard InChI is InChI=1S/C13H8F3N3/c14-13(15,16)10-4-1-3-9(7-10)11(8-17)12-5-2-6-18-19-12/h1-7,11H. The molecule has 19 heavy (non-hydrogen) atoms. The number of nitriles is 1. The summed E-state index contributed by atoms with van der Waals surface area (Å²) in [4.78, 5) is 0. The van der Waals surface area contributed by atoms with Gasteiger partial charge >= 0.3 is 6.18 Å². The summed E-state index contributed by atoms with van der Waals surface area (Å²) >= 11 is 0. The Morgan fingerprint density at radius 3 is 2.53 bits per heavy atom.